The fourth-order valence-electron chi connectivity index (χ4n) is 2.33. The smallest absolute Gasteiger partial charge is 0.250 e. The minimum atomic E-state index is -1.51. The van der Waals surface area contributed by atoms with Crippen molar-refractivity contribution in [1.82, 2.24) is 5.32 Å². The summed E-state index contributed by atoms with van der Waals surface area (Å²) in [4.78, 5) is 12.5. The Hall–Kier alpha value is -1.65. The van der Waals surface area contributed by atoms with E-state index in [4.69, 9.17) is 0 Å². The molecule has 0 radical (unpaired) electrons. The average Bonchev–Trinajstić information content (AvgIpc) is 2.44. The van der Waals surface area contributed by atoms with Gasteiger partial charge in [0.25, 0.3) is 0 Å². The van der Waals surface area contributed by atoms with E-state index in [-0.39, 0.29) is 12.2 Å². The van der Waals surface area contributed by atoms with Crippen LogP contribution in [0.4, 0.5) is 0 Å². The molecule has 1 amide bonds. The lowest BCUT2D eigenvalue weighted by Gasteiger charge is -2.42. The minimum absolute atomic E-state index is 0.0627. The van der Waals surface area contributed by atoms with Crippen molar-refractivity contribution < 1.29 is 15.0 Å². The molecule has 3 N–H and O–H groups in total. The number of carbonyl (C=O) groups is 1. The molecule has 4 nitrogen and oxygen atoms in total. The van der Waals surface area contributed by atoms with Crippen molar-refractivity contribution in [2.24, 2.45) is 5.41 Å². The third-order valence-electron chi connectivity index (χ3n) is 3.84. The molecular formula is C18H27NO3. The molecule has 122 valence electrons. The van der Waals surface area contributed by atoms with Gasteiger partial charge in [0.2, 0.25) is 5.91 Å². The molecule has 0 aliphatic carbocycles. The number of aliphatic hydroxyl groups excluding tert-OH is 1. The minimum Gasteiger partial charge on any atom is -0.394 e. The van der Waals surface area contributed by atoms with E-state index in [0.29, 0.717) is 5.56 Å². The van der Waals surface area contributed by atoms with Gasteiger partial charge >= 0.3 is 0 Å². The third kappa shape index (κ3) is 3.57. The fraction of sp³-hybridized carbons (Fsp3) is 0.500. The number of amides is 1. The molecular weight excluding hydrogens is 278 g/mol. The molecule has 1 unspecified atom stereocenters. The summed E-state index contributed by atoms with van der Waals surface area (Å²) in [5, 5.41) is 23.3. The summed E-state index contributed by atoms with van der Waals surface area (Å²) in [6, 6.07) is 9.04. The van der Waals surface area contributed by atoms with Gasteiger partial charge in [0.1, 0.15) is 5.60 Å². The number of hydrogen-bond donors (Lipinski definition) is 3. The molecule has 1 rings (SSSR count). The predicted molar refractivity (Wildman–Crippen MR) is 88.2 cm³/mol. The number of aliphatic hydroxyl groups is 2. The molecule has 0 aromatic heterocycles. The second kappa shape index (κ2) is 6.23. The zero-order valence-corrected chi connectivity index (χ0v) is 14.1. The topological polar surface area (TPSA) is 69.6 Å². The molecule has 0 saturated carbocycles. The fourth-order valence-corrected chi connectivity index (χ4v) is 2.33. The van der Waals surface area contributed by atoms with Gasteiger partial charge in [-0.3, -0.25) is 4.79 Å². The summed E-state index contributed by atoms with van der Waals surface area (Å²) in [6.07, 6.45) is 0. The lowest BCUT2D eigenvalue weighted by atomic mass is 9.68. The SMILES string of the molecule is C=C(C(=O)NC(C)(C)CO)C(O)(c1ccccc1)C(C)(C)C. The van der Waals surface area contributed by atoms with Crippen LogP contribution in [0.25, 0.3) is 0 Å². The van der Waals surface area contributed by atoms with Crippen LogP contribution in [0, 0.1) is 5.41 Å². The van der Waals surface area contributed by atoms with Crippen LogP contribution in [0.2, 0.25) is 0 Å². The van der Waals surface area contributed by atoms with Crippen molar-refractivity contribution in [3.8, 4) is 0 Å². The molecule has 0 spiro atoms. The van der Waals surface area contributed by atoms with E-state index in [1.54, 1.807) is 26.0 Å². The molecule has 0 bridgehead atoms. The summed E-state index contributed by atoms with van der Waals surface area (Å²) in [6.45, 7) is 12.6. The molecule has 1 aromatic carbocycles. The van der Waals surface area contributed by atoms with Gasteiger partial charge in [0, 0.05) is 5.57 Å². The van der Waals surface area contributed by atoms with Crippen molar-refractivity contribution in [2.75, 3.05) is 6.61 Å². The Morgan fingerprint density at radius 3 is 2.05 bits per heavy atom. The van der Waals surface area contributed by atoms with Crippen LogP contribution in [-0.2, 0) is 10.4 Å². The van der Waals surface area contributed by atoms with Crippen LogP contribution in [-0.4, -0.2) is 28.3 Å². The van der Waals surface area contributed by atoms with Crippen LogP contribution in [0.5, 0.6) is 0 Å². The largest absolute Gasteiger partial charge is 0.394 e. The highest BCUT2D eigenvalue weighted by Crippen LogP contribution is 2.44. The zero-order chi connectivity index (χ0) is 17.2. The van der Waals surface area contributed by atoms with Crippen LogP contribution >= 0.6 is 0 Å². The summed E-state index contributed by atoms with van der Waals surface area (Å²) < 4.78 is 0. The molecule has 0 heterocycles. The lowest BCUT2D eigenvalue weighted by molar-refractivity contribution is -0.124. The highest BCUT2D eigenvalue weighted by Gasteiger charge is 2.47. The summed E-state index contributed by atoms with van der Waals surface area (Å²) in [7, 11) is 0. The van der Waals surface area contributed by atoms with Crippen LogP contribution in [0.3, 0.4) is 0 Å². The molecule has 22 heavy (non-hydrogen) atoms. The van der Waals surface area contributed by atoms with Gasteiger partial charge in [0.15, 0.2) is 0 Å². The predicted octanol–water partition coefficient (Wildman–Crippen LogP) is 2.36. The van der Waals surface area contributed by atoms with Crippen LogP contribution in [0.15, 0.2) is 42.5 Å². The van der Waals surface area contributed by atoms with E-state index >= 15 is 0 Å². The maximum Gasteiger partial charge on any atom is 0.250 e. The summed E-state index contributed by atoms with van der Waals surface area (Å²) in [5.74, 6) is -0.472. The number of benzene rings is 1. The van der Waals surface area contributed by atoms with Gasteiger partial charge in [-0.25, -0.2) is 0 Å². The molecule has 4 heteroatoms. The maximum absolute atomic E-state index is 12.5. The lowest BCUT2D eigenvalue weighted by Crippen LogP contribution is -2.52. The second-order valence-corrected chi connectivity index (χ2v) is 7.30. The van der Waals surface area contributed by atoms with E-state index in [9.17, 15) is 15.0 Å². The van der Waals surface area contributed by atoms with Gasteiger partial charge in [-0.2, -0.15) is 0 Å². The average molecular weight is 305 g/mol. The van der Waals surface area contributed by atoms with E-state index in [2.05, 4.69) is 11.9 Å². The molecule has 0 fully saturated rings. The van der Waals surface area contributed by atoms with Crippen molar-refractivity contribution in [2.45, 2.75) is 45.8 Å². The first-order valence-electron chi connectivity index (χ1n) is 7.36. The Kier molecular flexibility index (Phi) is 5.21. The normalized spacial score (nSPS) is 15.0. The van der Waals surface area contributed by atoms with Crippen LogP contribution < -0.4 is 5.32 Å². The first kappa shape index (κ1) is 18.4. The van der Waals surface area contributed by atoms with Gasteiger partial charge in [-0.1, -0.05) is 57.7 Å². The van der Waals surface area contributed by atoms with E-state index in [0.717, 1.165) is 0 Å². The quantitative estimate of drug-likeness (QED) is 0.731. The third-order valence-corrected chi connectivity index (χ3v) is 3.84. The number of rotatable bonds is 5. The van der Waals surface area contributed by atoms with E-state index in [1.165, 1.54) is 0 Å². The maximum atomic E-state index is 12.5. The first-order chi connectivity index (χ1) is 9.95. The van der Waals surface area contributed by atoms with Crippen molar-refractivity contribution >= 4 is 5.91 Å². The Balaban J connectivity index is 3.25. The Labute approximate surface area is 132 Å². The molecule has 1 aromatic rings. The van der Waals surface area contributed by atoms with Gasteiger partial charge in [-0.15, -0.1) is 0 Å². The van der Waals surface area contributed by atoms with E-state index in [1.807, 2.05) is 39.0 Å². The Bertz CT molecular complexity index is 543. The zero-order valence-electron chi connectivity index (χ0n) is 14.1. The highest BCUT2D eigenvalue weighted by atomic mass is 16.3. The van der Waals surface area contributed by atoms with Crippen molar-refractivity contribution in [1.29, 1.82) is 0 Å². The number of hydrogen-bond acceptors (Lipinski definition) is 3. The Morgan fingerprint density at radius 1 is 1.14 bits per heavy atom. The van der Waals surface area contributed by atoms with Gasteiger partial charge < -0.3 is 15.5 Å². The molecule has 1 atom stereocenters. The number of carbonyl (C=O) groups excluding carboxylic acids is 1. The highest BCUT2D eigenvalue weighted by molar-refractivity contribution is 5.95. The Morgan fingerprint density at radius 2 is 1.64 bits per heavy atom. The van der Waals surface area contributed by atoms with Crippen molar-refractivity contribution in [3.63, 3.8) is 0 Å². The molecule has 0 saturated heterocycles. The van der Waals surface area contributed by atoms with Crippen molar-refractivity contribution in [3.05, 3.63) is 48.0 Å². The van der Waals surface area contributed by atoms with Crippen LogP contribution in [0.1, 0.15) is 40.2 Å². The monoisotopic (exact) mass is 305 g/mol. The second-order valence-electron chi connectivity index (χ2n) is 7.30. The van der Waals surface area contributed by atoms with Gasteiger partial charge in [-0.05, 0) is 24.8 Å². The summed E-state index contributed by atoms with van der Waals surface area (Å²) >= 11 is 0. The molecule has 0 aliphatic rings. The van der Waals surface area contributed by atoms with E-state index < -0.39 is 22.5 Å². The first-order valence-corrected chi connectivity index (χ1v) is 7.36. The van der Waals surface area contributed by atoms with Gasteiger partial charge in [0.05, 0.1) is 12.1 Å². The number of nitrogens with one attached hydrogen (secondary N) is 1. The summed E-state index contributed by atoms with van der Waals surface area (Å²) in [5.41, 5.74) is -2.25. The molecule has 0 aliphatic heterocycles. The standard InChI is InChI=1S/C18H27NO3/c1-13(15(21)19-17(5,6)12-20)18(22,16(2,3)4)14-10-8-7-9-11-14/h7-11,20,22H,1,12H2,2-6H3,(H,19,21).